The first-order valence-electron chi connectivity index (χ1n) is 28.6. The molecular formula is C64H57NO18. The average Bonchev–Trinajstić information content (AvgIpc) is 1.54. The summed E-state index contributed by atoms with van der Waals surface area (Å²) in [6.45, 7) is 7.35. The van der Waals surface area contributed by atoms with Crippen LogP contribution in [-0.2, 0) is 118 Å². The van der Waals surface area contributed by atoms with Gasteiger partial charge in [0.05, 0.1) is 17.6 Å². The molecule has 4 saturated heterocycles. The molecule has 19 heteroatoms. The predicted molar refractivity (Wildman–Crippen MR) is 296 cm³/mol. The molecule has 0 radical (unpaired) electrons. The van der Waals surface area contributed by atoms with Gasteiger partial charge in [-0.2, -0.15) is 0 Å². The van der Waals surface area contributed by atoms with Crippen molar-refractivity contribution in [3.8, 4) is 0 Å². The van der Waals surface area contributed by atoms with E-state index in [9.17, 15) is 33.6 Å². The summed E-state index contributed by atoms with van der Waals surface area (Å²) in [5.74, 6) is -9.65. The zero-order valence-electron chi connectivity index (χ0n) is 46.7. The molecule has 18 rings (SSSR count). The number of aryl methyl sites for hydroxylation is 2. The number of esters is 7. The van der Waals surface area contributed by atoms with Crippen LogP contribution in [0.1, 0.15) is 108 Å². The van der Waals surface area contributed by atoms with Crippen LogP contribution in [0, 0.1) is 0 Å². The molecule has 83 heavy (non-hydrogen) atoms. The Kier molecular flexibility index (Phi) is 10.4. The summed E-state index contributed by atoms with van der Waals surface area (Å²) in [6.07, 6.45) is -6.60. The van der Waals surface area contributed by atoms with Crippen molar-refractivity contribution >= 4 is 128 Å². The summed E-state index contributed by atoms with van der Waals surface area (Å²) in [4.78, 5) is 91.9. The summed E-state index contributed by atoms with van der Waals surface area (Å²) in [5.41, 5.74) is 6.30. The third-order valence-corrected chi connectivity index (χ3v) is 19.5. The van der Waals surface area contributed by atoms with Crippen LogP contribution in [-0.4, -0.2) is 126 Å². The normalized spacial score (nSPS) is 29.0. The van der Waals surface area contributed by atoms with Crippen molar-refractivity contribution < 1.29 is 85.7 Å². The molecule has 6 bridgehead atoms. The molecule has 6 fully saturated rings. The van der Waals surface area contributed by atoms with Gasteiger partial charge in [0.2, 0.25) is 11.6 Å². The number of aromatic nitrogens is 1. The van der Waals surface area contributed by atoms with Crippen molar-refractivity contribution in [1.29, 1.82) is 0 Å². The lowest BCUT2D eigenvalue weighted by atomic mass is 9.67. The second-order valence-electron chi connectivity index (χ2n) is 24.2. The zero-order valence-corrected chi connectivity index (χ0v) is 46.7. The number of pyridine rings is 1. The number of hydrogen-bond acceptors (Lipinski definition) is 18. The minimum atomic E-state index is -2.22. The fourth-order valence-corrected chi connectivity index (χ4v) is 17.1. The van der Waals surface area contributed by atoms with E-state index in [4.69, 9.17) is 52.1 Å². The van der Waals surface area contributed by atoms with Crippen molar-refractivity contribution in [1.82, 2.24) is 4.57 Å². The molecule has 5 aliphatic heterocycles. The van der Waals surface area contributed by atoms with Gasteiger partial charge in [0.15, 0.2) is 30.0 Å². The fraction of sp³-hybridized carbons (Fsp3) is 0.453. The highest BCUT2D eigenvalue weighted by molar-refractivity contribution is 6.55. The maximum atomic E-state index is 13.7. The number of benzene rings is 7. The Bertz CT molecular complexity index is 4260. The monoisotopic (exact) mass is 1130 g/mol. The van der Waals surface area contributed by atoms with E-state index in [0.717, 1.165) is 57.5 Å². The van der Waals surface area contributed by atoms with Crippen LogP contribution in [0.25, 0.3) is 86.4 Å². The highest BCUT2D eigenvalue weighted by Gasteiger charge is 2.78. The van der Waals surface area contributed by atoms with Crippen LogP contribution in [0.15, 0.2) is 36.4 Å². The smallest absolute Gasteiger partial charge is 0.303 e. The highest BCUT2D eigenvalue weighted by atomic mass is 16.8. The van der Waals surface area contributed by atoms with Gasteiger partial charge in [0.25, 0.3) is 0 Å². The summed E-state index contributed by atoms with van der Waals surface area (Å²) in [7, 11) is 0. The van der Waals surface area contributed by atoms with E-state index in [1.807, 2.05) is 0 Å². The Hall–Kier alpha value is -7.71. The van der Waals surface area contributed by atoms with Gasteiger partial charge in [0, 0.05) is 89.4 Å². The SMILES string of the molecule is CC(=O)OCC1OC2(OC34CCC(OCCn5c6c7cc8c9c%10c(cc%11ccc%12cc%13c%14c%15c(cc(c5c%15c(c5c%10c%11c%12c%145)c96)CC7)C%13)C8)(OC3COC(C)=O)C(OC(C)=O)C4OC(C)=O)CCC1(OC(C)=O)C(OC(C)=O)C2OC(C)=O. The lowest BCUT2D eigenvalue weighted by Crippen LogP contribution is -2.84. The summed E-state index contributed by atoms with van der Waals surface area (Å²) < 4.78 is 72.6. The quantitative estimate of drug-likeness (QED) is 0.0409. The Labute approximate surface area is 472 Å². The van der Waals surface area contributed by atoms with E-state index < -0.39 is 114 Å². The van der Waals surface area contributed by atoms with Gasteiger partial charge in [0.1, 0.15) is 31.0 Å². The van der Waals surface area contributed by atoms with E-state index in [1.54, 1.807) is 0 Å². The van der Waals surface area contributed by atoms with Crippen LogP contribution in [0.5, 0.6) is 0 Å². The van der Waals surface area contributed by atoms with Crippen LogP contribution >= 0.6 is 0 Å². The first kappa shape index (κ1) is 51.0. The number of carbonyl (C=O) groups excluding carboxylic acids is 7. The second-order valence-corrected chi connectivity index (χ2v) is 24.2. The molecule has 0 spiro atoms. The van der Waals surface area contributed by atoms with Crippen molar-refractivity contribution in [2.45, 2.75) is 166 Å². The van der Waals surface area contributed by atoms with Crippen molar-refractivity contribution in [3.63, 3.8) is 0 Å². The van der Waals surface area contributed by atoms with Gasteiger partial charge in [-0.1, -0.05) is 36.4 Å². The zero-order chi connectivity index (χ0) is 57.3. The van der Waals surface area contributed by atoms with E-state index in [0.29, 0.717) is 6.54 Å². The van der Waals surface area contributed by atoms with Crippen LogP contribution < -0.4 is 0 Å². The van der Waals surface area contributed by atoms with Crippen molar-refractivity contribution in [2.24, 2.45) is 0 Å². The van der Waals surface area contributed by atoms with Crippen molar-refractivity contribution in [2.75, 3.05) is 19.8 Å². The van der Waals surface area contributed by atoms with Gasteiger partial charge in [-0.15, -0.1) is 0 Å². The van der Waals surface area contributed by atoms with E-state index in [2.05, 4.69) is 41.0 Å². The Morgan fingerprint density at radius 2 is 0.880 bits per heavy atom. The second kappa shape index (κ2) is 17.0. The molecule has 0 amide bonds. The van der Waals surface area contributed by atoms with E-state index in [1.165, 1.54) is 136 Å². The van der Waals surface area contributed by atoms with Gasteiger partial charge in [-0.05, 0) is 126 Å². The predicted octanol–water partition coefficient (Wildman–Crippen LogP) is 8.08. The maximum absolute atomic E-state index is 13.7. The summed E-state index contributed by atoms with van der Waals surface area (Å²) >= 11 is 0. The molecule has 1 aromatic heterocycles. The van der Waals surface area contributed by atoms with E-state index >= 15 is 0 Å². The number of nitrogens with zero attached hydrogens (tertiary/aromatic N) is 1. The molecule has 9 aromatic rings. The largest absolute Gasteiger partial charge is 0.463 e. The third kappa shape index (κ3) is 6.61. The molecule has 4 aliphatic carbocycles. The summed E-state index contributed by atoms with van der Waals surface area (Å²) in [5, 5.41) is 18.6. The van der Waals surface area contributed by atoms with Crippen LogP contribution in [0.4, 0.5) is 0 Å². The first-order valence-corrected chi connectivity index (χ1v) is 28.6. The first-order chi connectivity index (χ1) is 39.7. The summed E-state index contributed by atoms with van der Waals surface area (Å²) in [6, 6.07) is 14.3. The average molecular weight is 1130 g/mol. The van der Waals surface area contributed by atoms with Crippen LogP contribution in [0.3, 0.4) is 0 Å². The number of rotatable bonds is 15. The lowest BCUT2D eigenvalue weighted by molar-refractivity contribution is -0.484. The molecule has 0 N–H and O–H groups in total. The Morgan fingerprint density at radius 3 is 1.40 bits per heavy atom. The Morgan fingerprint density at radius 1 is 0.458 bits per heavy atom. The number of ether oxygens (including phenoxy) is 11. The molecule has 10 atom stereocenters. The van der Waals surface area contributed by atoms with Gasteiger partial charge in [-0.3, -0.25) is 33.6 Å². The fourth-order valence-electron chi connectivity index (χ4n) is 17.1. The van der Waals surface area contributed by atoms with Crippen LogP contribution in [0.2, 0.25) is 0 Å². The maximum Gasteiger partial charge on any atom is 0.303 e. The number of carbonyl (C=O) groups is 7. The molecule has 2 saturated carbocycles. The standard InChI is InChI=1S/C64H57NO18/c1-26(66)73-24-41-61(80-32(7)72)12-15-64(82-41,60(79-31(6)71)57(61)76-28(3)68)83-62-13-14-63(81-42(62)25-74-27(2)67,59(78-30(5)70)58(62)77-29(4)69)75-17-16-65-55-35-10-11-36-21-40-23-38-19-34-9-8-33-18-37-22-39(20-35)47-45(37)49-43(33)44(34)50-46(38)48(40)54(56(36)65)52(51(49)50)53(47)55/h8-9,18-21,41-42,57-60H,10-17,22-25H2,1-7H3. The lowest BCUT2D eigenvalue weighted by Gasteiger charge is -2.66. The minimum absolute atomic E-state index is 0.00536. The van der Waals surface area contributed by atoms with Gasteiger partial charge >= 0.3 is 41.8 Å². The molecule has 19 nitrogen and oxygen atoms in total. The third-order valence-electron chi connectivity index (χ3n) is 19.5. The van der Waals surface area contributed by atoms with Gasteiger partial charge < -0.3 is 56.7 Å². The molecule has 8 aromatic carbocycles. The Balaban J connectivity index is 0.837. The van der Waals surface area contributed by atoms with Gasteiger partial charge in [-0.25, -0.2) is 0 Å². The van der Waals surface area contributed by atoms with Crippen molar-refractivity contribution in [3.05, 3.63) is 69.8 Å². The minimum Gasteiger partial charge on any atom is -0.463 e. The highest BCUT2D eigenvalue weighted by Crippen LogP contribution is 2.63. The topological polar surface area (TPSA) is 226 Å². The molecule has 6 heterocycles. The molecule has 9 aliphatic rings. The molecule has 10 unspecified atom stereocenters. The van der Waals surface area contributed by atoms with E-state index in [-0.39, 0.29) is 32.3 Å². The molecular weight excluding hydrogens is 1070 g/mol. The number of hydrogen-bond donors (Lipinski definition) is 0. The molecule has 426 valence electrons. The number of fused-ring (bicyclic) bond motifs is 6.